The fourth-order valence-corrected chi connectivity index (χ4v) is 1.80. The number of esters is 1. The van der Waals surface area contributed by atoms with E-state index in [1.807, 2.05) is 38.1 Å². The van der Waals surface area contributed by atoms with Gasteiger partial charge in [-0.05, 0) is 26.0 Å². The summed E-state index contributed by atoms with van der Waals surface area (Å²) in [6.07, 6.45) is 1.40. The minimum atomic E-state index is -0.518. The minimum Gasteiger partial charge on any atom is -0.489 e. The zero-order valence-electron chi connectivity index (χ0n) is 11.7. The summed E-state index contributed by atoms with van der Waals surface area (Å²) in [6, 6.07) is 7.36. The van der Waals surface area contributed by atoms with Crippen LogP contribution in [0.2, 0.25) is 0 Å². The molecule has 0 unspecified atom stereocenters. The fraction of sp³-hybridized carbons (Fsp3) is 0.286. The van der Waals surface area contributed by atoms with Crippen molar-refractivity contribution >= 4 is 11.8 Å². The number of ether oxygens (including phenoxy) is 2. The second-order valence-corrected chi connectivity index (χ2v) is 4.48. The van der Waals surface area contributed by atoms with E-state index >= 15 is 0 Å². The van der Waals surface area contributed by atoms with Crippen LogP contribution < -0.4 is 10.5 Å². The van der Waals surface area contributed by atoms with Crippen LogP contribution in [0.25, 0.3) is 5.69 Å². The van der Waals surface area contributed by atoms with Gasteiger partial charge in [0.1, 0.15) is 22.8 Å². The van der Waals surface area contributed by atoms with Crippen molar-refractivity contribution in [3.8, 4) is 11.4 Å². The highest BCUT2D eigenvalue weighted by Gasteiger charge is 2.18. The number of hydrogen-bond acceptors (Lipinski definition) is 5. The zero-order valence-corrected chi connectivity index (χ0v) is 11.7. The lowest BCUT2D eigenvalue weighted by molar-refractivity contribution is 0.0602. The Hall–Kier alpha value is -2.50. The number of rotatable bonds is 4. The molecule has 0 fully saturated rings. The number of benzene rings is 1. The summed E-state index contributed by atoms with van der Waals surface area (Å²) in [5, 5.41) is 4.13. The van der Waals surface area contributed by atoms with Crippen molar-refractivity contribution in [1.29, 1.82) is 0 Å². The summed E-state index contributed by atoms with van der Waals surface area (Å²) in [7, 11) is 1.30. The molecule has 0 atom stereocenters. The van der Waals surface area contributed by atoms with Gasteiger partial charge in [0.2, 0.25) is 0 Å². The largest absolute Gasteiger partial charge is 0.489 e. The Balaban J connectivity index is 2.47. The number of carbonyl (C=O) groups is 1. The quantitative estimate of drug-likeness (QED) is 0.864. The van der Waals surface area contributed by atoms with Crippen molar-refractivity contribution in [1.82, 2.24) is 9.78 Å². The number of aromatic nitrogens is 2. The van der Waals surface area contributed by atoms with E-state index in [2.05, 4.69) is 9.84 Å². The summed E-state index contributed by atoms with van der Waals surface area (Å²) in [6.45, 7) is 3.87. The summed E-state index contributed by atoms with van der Waals surface area (Å²) >= 11 is 0. The van der Waals surface area contributed by atoms with Crippen LogP contribution in [0.4, 0.5) is 5.82 Å². The third-order valence-electron chi connectivity index (χ3n) is 2.67. The van der Waals surface area contributed by atoms with Crippen LogP contribution in [0.5, 0.6) is 5.75 Å². The summed E-state index contributed by atoms with van der Waals surface area (Å²) < 4.78 is 11.8. The molecule has 0 bridgehead atoms. The lowest BCUT2D eigenvalue weighted by atomic mass is 10.2. The van der Waals surface area contributed by atoms with E-state index in [4.69, 9.17) is 10.5 Å². The van der Waals surface area contributed by atoms with Crippen LogP contribution in [0, 0.1) is 0 Å². The third-order valence-corrected chi connectivity index (χ3v) is 2.67. The molecule has 0 aliphatic rings. The minimum absolute atomic E-state index is 0.0213. The van der Waals surface area contributed by atoms with E-state index in [9.17, 15) is 4.79 Å². The standard InChI is InChI=1S/C14H17N3O3/c1-9(2)20-12-7-5-4-6-11(12)17-13(15)10(8-16-17)14(18)19-3/h4-9H,15H2,1-3H3. The van der Waals surface area contributed by atoms with Gasteiger partial charge < -0.3 is 15.2 Å². The predicted molar refractivity (Wildman–Crippen MR) is 75.1 cm³/mol. The maximum absolute atomic E-state index is 11.6. The molecule has 0 spiro atoms. The maximum Gasteiger partial charge on any atom is 0.343 e. The second-order valence-electron chi connectivity index (χ2n) is 4.48. The number of methoxy groups -OCH3 is 1. The van der Waals surface area contributed by atoms with E-state index in [1.165, 1.54) is 18.0 Å². The van der Waals surface area contributed by atoms with Crippen molar-refractivity contribution < 1.29 is 14.3 Å². The van der Waals surface area contributed by atoms with Crippen LogP contribution in [0.15, 0.2) is 30.5 Å². The monoisotopic (exact) mass is 275 g/mol. The number of nitrogens with zero attached hydrogens (tertiary/aromatic N) is 2. The van der Waals surface area contributed by atoms with E-state index < -0.39 is 5.97 Å². The Morgan fingerprint density at radius 2 is 2.05 bits per heavy atom. The van der Waals surface area contributed by atoms with Crippen LogP contribution in [0.1, 0.15) is 24.2 Å². The number of nitrogen functional groups attached to an aromatic ring is 1. The molecule has 106 valence electrons. The number of anilines is 1. The molecule has 20 heavy (non-hydrogen) atoms. The SMILES string of the molecule is COC(=O)c1cnn(-c2ccccc2OC(C)C)c1N. The first-order valence-corrected chi connectivity index (χ1v) is 6.22. The molecule has 6 nitrogen and oxygen atoms in total. The molecule has 6 heteroatoms. The van der Waals surface area contributed by atoms with E-state index in [-0.39, 0.29) is 17.5 Å². The smallest absolute Gasteiger partial charge is 0.343 e. The van der Waals surface area contributed by atoms with Gasteiger partial charge in [-0.2, -0.15) is 5.10 Å². The Morgan fingerprint density at radius 1 is 1.35 bits per heavy atom. The first-order valence-electron chi connectivity index (χ1n) is 6.22. The first kappa shape index (κ1) is 13.9. The highest BCUT2D eigenvalue weighted by molar-refractivity contribution is 5.94. The molecule has 0 amide bonds. The van der Waals surface area contributed by atoms with E-state index in [0.717, 1.165) is 0 Å². The summed E-state index contributed by atoms with van der Waals surface area (Å²) in [5.74, 6) is 0.349. The van der Waals surface area contributed by atoms with Gasteiger partial charge in [-0.3, -0.25) is 0 Å². The van der Waals surface area contributed by atoms with Crippen molar-refractivity contribution in [3.63, 3.8) is 0 Å². The van der Waals surface area contributed by atoms with E-state index in [1.54, 1.807) is 0 Å². The maximum atomic E-state index is 11.6. The molecule has 2 N–H and O–H groups in total. The second kappa shape index (κ2) is 5.64. The van der Waals surface area contributed by atoms with E-state index in [0.29, 0.717) is 11.4 Å². The summed E-state index contributed by atoms with van der Waals surface area (Å²) in [4.78, 5) is 11.6. The Kier molecular flexibility index (Phi) is 3.93. The Labute approximate surface area is 117 Å². The topological polar surface area (TPSA) is 79.4 Å². The van der Waals surface area contributed by atoms with Gasteiger partial charge in [-0.15, -0.1) is 0 Å². The average molecular weight is 275 g/mol. The first-order chi connectivity index (χ1) is 9.54. The van der Waals surface area contributed by atoms with Gasteiger partial charge in [-0.1, -0.05) is 12.1 Å². The van der Waals surface area contributed by atoms with Crippen LogP contribution in [-0.4, -0.2) is 29.0 Å². The molecule has 0 radical (unpaired) electrons. The molecule has 0 saturated carbocycles. The molecule has 2 rings (SSSR count). The Bertz CT molecular complexity index is 620. The molecule has 0 aliphatic carbocycles. The molecule has 1 aromatic heterocycles. The molecule has 1 heterocycles. The van der Waals surface area contributed by atoms with Gasteiger partial charge in [0.15, 0.2) is 0 Å². The Morgan fingerprint density at radius 3 is 2.70 bits per heavy atom. The van der Waals surface area contributed by atoms with Crippen LogP contribution >= 0.6 is 0 Å². The summed E-state index contributed by atoms with van der Waals surface area (Å²) in [5.41, 5.74) is 6.86. The molecular weight excluding hydrogens is 258 g/mol. The van der Waals surface area contributed by atoms with Gasteiger partial charge in [0, 0.05) is 0 Å². The predicted octanol–water partition coefficient (Wildman–Crippen LogP) is 2.03. The van der Waals surface area contributed by atoms with Gasteiger partial charge in [-0.25, -0.2) is 9.48 Å². The van der Waals surface area contributed by atoms with Crippen LogP contribution in [-0.2, 0) is 4.74 Å². The highest BCUT2D eigenvalue weighted by Crippen LogP contribution is 2.26. The van der Waals surface area contributed by atoms with Gasteiger partial charge in [0.05, 0.1) is 19.4 Å². The van der Waals surface area contributed by atoms with Crippen molar-refractivity contribution in [2.24, 2.45) is 0 Å². The fourth-order valence-electron chi connectivity index (χ4n) is 1.80. The molecule has 2 aromatic rings. The molecule has 1 aromatic carbocycles. The third kappa shape index (κ3) is 2.59. The normalized spacial score (nSPS) is 10.6. The number of hydrogen-bond donors (Lipinski definition) is 1. The molecular formula is C14H17N3O3. The lowest BCUT2D eigenvalue weighted by Gasteiger charge is -2.14. The zero-order chi connectivity index (χ0) is 14.7. The van der Waals surface area contributed by atoms with Crippen LogP contribution in [0.3, 0.4) is 0 Å². The van der Waals surface area contributed by atoms with Crippen molar-refractivity contribution in [2.75, 3.05) is 12.8 Å². The molecule has 0 aliphatic heterocycles. The van der Waals surface area contributed by atoms with Gasteiger partial charge in [0.25, 0.3) is 0 Å². The number of nitrogens with two attached hydrogens (primary N) is 1. The van der Waals surface area contributed by atoms with Gasteiger partial charge >= 0.3 is 5.97 Å². The highest BCUT2D eigenvalue weighted by atomic mass is 16.5. The lowest BCUT2D eigenvalue weighted by Crippen LogP contribution is -2.11. The van der Waals surface area contributed by atoms with Crippen molar-refractivity contribution in [2.45, 2.75) is 20.0 Å². The molecule has 0 saturated heterocycles. The van der Waals surface area contributed by atoms with Crippen molar-refractivity contribution in [3.05, 3.63) is 36.0 Å². The number of carbonyl (C=O) groups excluding carboxylic acids is 1. The average Bonchev–Trinajstić information content (AvgIpc) is 2.80. The number of para-hydroxylation sites is 2.